The van der Waals surface area contributed by atoms with Crippen molar-refractivity contribution in [1.82, 2.24) is 0 Å². The second-order valence-electron chi connectivity index (χ2n) is 4.40. The van der Waals surface area contributed by atoms with E-state index in [1.807, 2.05) is 18.2 Å². The Labute approximate surface area is 126 Å². The largest absolute Gasteiger partial charge is 2.00 e. The fraction of sp³-hybridized carbons (Fsp3) is 0.111. The van der Waals surface area contributed by atoms with E-state index in [1.54, 1.807) is 0 Å². The van der Waals surface area contributed by atoms with Crippen LogP contribution in [0.2, 0.25) is 0 Å². The molecule has 0 unspecified atom stereocenters. The summed E-state index contributed by atoms with van der Waals surface area (Å²) in [7, 11) is 0. The maximum Gasteiger partial charge on any atom is 2.00 e. The Kier molecular flexibility index (Phi) is 4.84. The van der Waals surface area contributed by atoms with Crippen molar-refractivity contribution in [1.29, 1.82) is 0 Å². The van der Waals surface area contributed by atoms with Crippen LogP contribution in [0.5, 0.6) is 0 Å². The van der Waals surface area contributed by atoms with Crippen molar-refractivity contribution < 1.29 is 18.6 Å². The Balaban J connectivity index is 0.000000190. The zero-order valence-electron chi connectivity index (χ0n) is 10.6. The molecule has 0 saturated heterocycles. The molecule has 1 radical (unpaired) electrons. The summed E-state index contributed by atoms with van der Waals surface area (Å²) >= 11 is 0. The van der Waals surface area contributed by atoms with Gasteiger partial charge in [-0.25, -0.2) is 12.2 Å². The third-order valence-electron chi connectivity index (χ3n) is 3.20. The summed E-state index contributed by atoms with van der Waals surface area (Å²) in [5.74, 6) is 0. The average Bonchev–Trinajstić information content (AvgIpc) is 3.10. The van der Waals surface area contributed by atoms with Crippen molar-refractivity contribution >= 4 is 0 Å². The van der Waals surface area contributed by atoms with Crippen molar-refractivity contribution in [3.05, 3.63) is 84.0 Å². The molecule has 2 aromatic carbocycles. The molecule has 4 rings (SSSR count). The molecule has 0 N–H and O–H groups in total. The van der Waals surface area contributed by atoms with Gasteiger partial charge in [0.25, 0.3) is 0 Å². The SMILES string of the molecule is [C-]1=CC=CC1.[V+2].[c-]1cccc2c1Cc1ccccc1-2. The molecule has 0 amide bonds. The first kappa shape index (κ1) is 13.9. The number of fused-ring (bicyclic) bond motifs is 3. The second kappa shape index (κ2) is 6.61. The summed E-state index contributed by atoms with van der Waals surface area (Å²) in [6, 6.07) is 18.1. The molecular weight excluding hydrogens is 267 g/mol. The molecule has 0 bridgehead atoms. The third-order valence-corrected chi connectivity index (χ3v) is 3.20. The normalized spacial score (nSPS) is 13.1. The maximum atomic E-state index is 3.30. The molecule has 0 nitrogen and oxygen atoms in total. The number of benzene rings is 2. The summed E-state index contributed by atoms with van der Waals surface area (Å²) < 4.78 is 0. The topological polar surface area (TPSA) is 0 Å². The van der Waals surface area contributed by atoms with Crippen molar-refractivity contribution in [3.63, 3.8) is 0 Å². The van der Waals surface area contributed by atoms with E-state index in [2.05, 4.69) is 54.6 Å². The van der Waals surface area contributed by atoms with Gasteiger partial charge < -0.3 is 0 Å². The fourth-order valence-electron chi connectivity index (χ4n) is 2.34. The van der Waals surface area contributed by atoms with Crippen LogP contribution in [0.25, 0.3) is 11.1 Å². The molecule has 1 heteroatoms. The Hall–Kier alpha value is -1.50. The van der Waals surface area contributed by atoms with Crippen LogP contribution in [0.1, 0.15) is 17.5 Å². The molecule has 0 aliphatic heterocycles. The van der Waals surface area contributed by atoms with E-state index >= 15 is 0 Å². The van der Waals surface area contributed by atoms with E-state index in [9.17, 15) is 0 Å². The molecule has 0 heterocycles. The molecule has 2 aromatic rings. The molecular formula is C18H14V. The third kappa shape index (κ3) is 3.09. The summed E-state index contributed by atoms with van der Waals surface area (Å²) in [5, 5.41) is 0. The monoisotopic (exact) mass is 281 g/mol. The van der Waals surface area contributed by atoms with Crippen LogP contribution in [-0.2, 0) is 25.0 Å². The van der Waals surface area contributed by atoms with Gasteiger partial charge in [-0.05, 0) is 6.42 Å². The molecule has 91 valence electrons. The number of hydrogen-bond donors (Lipinski definition) is 0. The van der Waals surface area contributed by atoms with Crippen LogP contribution in [0.3, 0.4) is 0 Å². The van der Waals surface area contributed by atoms with Gasteiger partial charge in [-0.3, -0.25) is 6.08 Å². The quantitative estimate of drug-likeness (QED) is 0.537. The van der Waals surface area contributed by atoms with Gasteiger partial charge in [0, 0.05) is 0 Å². The Morgan fingerprint density at radius 2 is 1.79 bits per heavy atom. The van der Waals surface area contributed by atoms with E-state index in [4.69, 9.17) is 0 Å². The summed E-state index contributed by atoms with van der Waals surface area (Å²) in [5.41, 5.74) is 5.51. The van der Waals surface area contributed by atoms with Crippen LogP contribution in [0.4, 0.5) is 0 Å². The standard InChI is InChI=1S/C13H9.C5H5.V/c1-3-7-12-10(5-1)9-11-6-2-4-8-13(11)12;1-2-4-5-3-1;/h1-5,7-8H,9H2;1-3H,4H2;/q2*-1;+2. The zero-order chi connectivity index (χ0) is 12.2. The van der Waals surface area contributed by atoms with Gasteiger partial charge in [-0.15, -0.1) is 12.0 Å². The molecule has 0 saturated carbocycles. The number of rotatable bonds is 0. The van der Waals surface area contributed by atoms with Crippen molar-refractivity contribution in [2.75, 3.05) is 0 Å². The molecule has 2 aliphatic carbocycles. The predicted molar refractivity (Wildman–Crippen MR) is 75.1 cm³/mol. The van der Waals surface area contributed by atoms with Crippen molar-refractivity contribution in [2.45, 2.75) is 12.8 Å². The first-order valence-electron chi connectivity index (χ1n) is 6.25. The minimum atomic E-state index is 0. The molecule has 0 aromatic heterocycles. The Morgan fingerprint density at radius 3 is 2.53 bits per heavy atom. The van der Waals surface area contributed by atoms with Gasteiger partial charge in [-0.2, -0.15) is 35.9 Å². The van der Waals surface area contributed by atoms with E-state index in [-0.39, 0.29) is 18.6 Å². The smallest absolute Gasteiger partial charge is 0.273 e. The predicted octanol–water partition coefficient (Wildman–Crippen LogP) is 4.36. The summed E-state index contributed by atoms with van der Waals surface area (Å²) in [6.07, 6.45) is 11.0. The Morgan fingerprint density at radius 1 is 0.947 bits per heavy atom. The molecule has 0 atom stereocenters. The first-order valence-corrected chi connectivity index (χ1v) is 6.25. The van der Waals surface area contributed by atoms with Crippen molar-refractivity contribution in [3.8, 4) is 11.1 Å². The van der Waals surface area contributed by atoms with Crippen LogP contribution in [-0.4, -0.2) is 0 Å². The van der Waals surface area contributed by atoms with Crippen LogP contribution in [0.15, 0.2) is 60.7 Å². The maximum absolute atomic E-state index is 3.30. The van der Waals surface area contributed by atoms with E-state index < -0.39 is 0 Å². The fourth-order valence-corrected chi connectivity index (χ4v) is 2.34. The van der Waals surface area contributed by atoms with Crippen LogP contribution < -0.4 is 0 Å². The second-order valence-corrected chi connectivity index (χ2v) is 4.40. The van der Waals surface area contributed by atoms with Gasteiger partial charge >= 0.3 is 18.6 Å². The number of allylic oxidation sites excluding steroid dienone is 4. The molecule has 2 aliphatic rings. The van der Waals surface area contributed by atoms with E-state index in [0.717, 1.165) is 12.8 Å². The average molecular weight is 281 g/mol. The molecule has 0 fully saturated rings. The number of hydrogen-bond acceptors (Lipinski definition) is 0. The van der Waals surface area contributed by atoms with Crippen LogP contribution >= 0.6 is 0 Å². The minimum Gasteiger partial charge on any atom is -0.273 e. The van der Waals surface area contributed by atoms with Crippen LogP contribution in [0, 0.1) is 12.1 Å². The van der Waals surface area contributed by atoms with Crippen molar-refractivity contribution in [2.24, 2.45) is 0 Å². The minimum absolute atomic E-state index is 0. The van der Waals surface area contributed by atoms with Gasteiger partial charge in [-0.1, -0.05) is 35.4 Å². The van der Waals surface area contributed by atoms with Gasteiger partial charge in [0.15, 0.2) is 0 Å². The summed E-state index contributed by atoms with van der Waals surface area (Å²) in [6.45, 7) is 0. The molecule has 0 spiro atoms. The van der Waals surface area contributed by atoms with E-state index in [0.29, 0.717) is 0 Å². The van der Waals surface area contributed by atoms with Gasteiger partial charge in [0.2, 0.25) is 0 Å². The van der Waals surface area contributed by atoms with Gasteiger partial charge in [0.05, 0.1) is 0 Å². The summed E-state index contributed by atoms with van der Waals surface area (Å²) in [4.78, 5) is 0. The first-order chi connectivity index (χ1) is 8.95. The zero-order valence-corrected chi connectivity index (χ0v) is 12.0. The Bertz CT molecular complexity index is 555. The van der Waals surface area contributed by atoms with E-state index in [1.165, 1.54) is 22.3 Å². The molecule has 19 heavy (non-hydrogen) atoms. The van der Waals surface area contributed by atoms with Gasteiger partial charge in [0.1, 0.15) is 0 Å².